The third-order valence-corrected chi connectivity index (χ3v) is 3.60. The maximum atomic E-state index is 11.4. The van der Waals surface area contributed by atoms with Crippen molar-refractivity contribution in [1.82, 2.24) is 0 Å². The van der Waals surface area contributed by atoms with E-state index < -0.39 is 0 Å². The van der Waals surface area contributed by atoms with Gasteiger partial charge in [0, 0.05) is 17.9 Å². The molecule has 0 bridgehead atoms. The normalized spacial score (nSPS) is 33.8. The molecule has 2 rings (SSSR count). The Bertz CT molecular complexity index is 331. The molecule has 0 saturated carbocycles. The average Bonchev–Trinajstić information content (AvgIpc) is 2.33. The van der Waals surface area contributed by atoms with E-state index in [0.29, 0.717) is 0 Å². The molecule has 0 aromatic heterocycles. The van der Waals surface area contributed by atoms with Crippen molar-refractivity contribution < 1.29 is 19.0 Å². The second kappa shape index (κ2) is 5.41. The maximum Gasteiger partial charge on any atom is 0.330 e. The number of cyclic esters (lactones) is 1. The van der Waals surface area contributed by atoms with Crippen molar-refractivity contribution in [3.8, 4) is 0 Å². The minimum absolute atomic E-state index is 0.121. The van der Waals surface area contributed by atoms with Gasteiger partial charge in [-0.2, -0.15) is 0 Å². The van der Waals surface area contributed by atoms with Crippen LogP contribution in [0, 0.1) is 11.3 Å². The van der Waals surface area contributed by atoms with Crippen LogP contribution in [0.1, 0.15) is 33.6 Å². The van der Waals surface area contributed by atoms with E-state index in [9.17, 15) is 4.79 Å². The van der Waals surface area contributed by atoms with Gasteiger partial charge in [-0.1, -0.05) is 26.8 Å². The van der Waals surface area contributed by atoms with Crippen LogP contribution in [0.2, 0.25) is 0 Å². The smallest absolute Gasteiger partial charge is 0.330 e. The summed E-state index contributed by atoms with van der Waals surface area (Å²) >= 11 is 0. The van der Waals surface area contributed by atoms with Crippen LogP contribution in [0.4, 0.5) is 0 Å². The van der Waals surface area contributed by atoms with Gasteiger partial charge in [-0.05, 0) is 12.3 Å². The molecule has 2 atom stereocenters. The molecule has 0 radical (unpaired) electrons. The molecule has 18 heavy (non-hydrogen) atoms. The molecule has 0 aromatic carbocycles. The summed E-state index contributed by atoms with van der Waals surface area (Å²) in [5, 5.41) is 0. The highest BCUT2D eigenvalue weighted by atomic mass is 16.7. The molecule has 0 unspecified atom stereocenters. The molecule has 0 N–H and O–H groups in total. The molecule has 0 aromatic rings. The van der Waals surface area contributed by atoms with Gasteiger partial charge in [-0.25, -0.2) is 4.79 Å². The van der Waals surface area contributed by atoms with Gasteiger partial charge in [0.15, 0.2) is 6.29 Å². The van der Waals surface area contributed by atoms with E-state index in [1.165, 1.54) is 6.08 Å². The Morgan fingerprint density at radius 2 is 2.06 bits per heavy atom. The number of rotatable bonds is 3. The number of ether oxygens (including phenoxy) is 3. The van der Waals surface area contributed by atoms with Crippen molar-refractivity contribution >= 4 is 5.97 Å². The summed E-state index contributed by atoms with van der Waals surface area (Å²) in [5.74, 6) is 0.0177. The number of hydrogen-bond donors (Lipinski definition) is 0. The summed E-state index contributed by atoms with van der Waals surface area (Å²) in [7, 11) is 0. The Labute approximate surface area is 108 Å². The third-order valence-electron chi connectivity index (χ3n) is 3.60. The summed E-state index contributed by atoms with van der Waals surface area (Å²) in [6, 6.07) is 0. The molecule has 2 heterocycles. The second-order valence-corrected chi connectivity index (χ2v) is 5.67. The van der Waals surface area contributed by atoms with Gasteiger partial charge in [0.25, 0.3) is 0 Å². The molecule has 0 amide bonds. The Hall–Kier alpha value is -0.870. The predicted octanol–water partition coefficient (Wildman–Crippen LogP) is 2.28. The van der Waals surface area contributed by atoms with E-state index in [4.69, 9.17) is 14.2 Å². The minimum atomic E-state index is -0.253. The maximum absolute atomic E-state index is 11.4. The lowest BCUT2D eigenvalue weighted by atomic mass is 9.74. The van der Waals surface area contributed by atoms with Crippen molar-refractivity contribution in [2.75, 3.05) is 13.2 Å². The van der Waals surface area contributed by atoms with Gasteiger partial charge in [0.05, 0.1) is 13.2 Å². The molecular weight excluding hydrogens is 232 g/mol. The molecule has 4 nitrogen and oxygen atoms in total. The van der Waals surface area contributed by atoms with Crippen molar-refractivity contribution in [2.45, 2.75) is 46.0 Å². The number of carbonyl (C=O) groups excluding carboxylic acids is 1. The number of esters is 1. The van der Waals surface area contributed by atoms with Crippen molar-refractivity contribution in [3.63, 3.8) is 0 Å². The Morgan fingerprint density at radius 3 is 2.67 bits per heavy atom. The predicted molar refractivity (Wildman–Crippen MR) is 66.9 cm³/mol. The molecule has 2 aliphatic rings. The highest BCUT2D eigenvalue weighted by molar-refractivity contribution is 5.83. The second-order valence-electron chi connectivity index (χ2n) is 5.67. The standard InChI is InChI=1S/C14H22O4/c1-10(2)13-14(3,6-5-11(15)18-13)9-12-16-7-4-8-17-12/h5-6,10,12-13H,4,7-9H2,1-3H3/t13-,14+/m1/s1. The lowest BCUT2D eigenvalue weighted by molar-refractivity contribution is -0.202. The van der Waals surface area contributed by atoms with Gasteiger partial charge in [0.2, 0.25) is 0 Å². The van der Waals surface area contributed by atoms with Crippen LogP contribution >= 0.6 is 0 Å². The first-order valence-corrected chi connectivity index (χ1v) is 6.64. The van der Waals surface area contributed by atoms with Crippen molar-refractivity contribution in [3.05, 3.63) is 12.2 Å². The Morgan fingerprint density at radius 1 is 1.39 bits per heavy atom. The fraction of sp³-hybridized carbons (Fsp3) is 0.786. The molecular formula is C14H22O4. The molecule has 2 aliphatic heterocycles. The molecule has 4 heteroatoms. The zero-order chi connectivity index (χ0) is 13.2. The van der Waals surface area contributed by atoms with Gasteiger partial charge in [-0.15, -0.1) is 0 Å². The zero-order valence-electron chi connectivity index (χ0n) is 11.3. The Kier molecular flexibility index (Phi) is 4.07. The molecule has 1 saturated heterocycles. The molecule has 1 fully saturated rings. The SMILES string of the molecule is CC(C)[C@H]1OC(=O)C=C[C@@]1(C)CC1OCCCO1. The fourth-order valence-corrected chi connectivity index (χ4v) is 2.75. The van der Waals surface area contributed by atoms with Crippen LogP contribution in [0.15, 0.2) is 12.2 Å². The summed E-state index contributed by atoms with van der Waals surface area (Å²) < 4.78 is 16.7. The van der Waals surface area contributed by atoms with Crippen LogP contribution in [0.5, 0.6) is 0 Å². The van der Waals surface area contributed by atoms with Gasteiger partial charge in [-0.3, -0.25) is 0 Å². The topological polar surface area (TPSA) is 44.8 Å². The van der Waals surface area contributed by atoms with Gasteiger partial charge < -0.3 is 14.2 Å². The number of hydrogen-bond acceptors (Lipinski definition) is 4. The van der Waals surface area contributed by atoms with E-state index in [0.717, 1.165) is 26.1 Å². The first-order chi connectivity index (χ1) is 8.51. The van der Waals surface area contributed by atoms with Crippen LogP contribution in [-0.2, 0) is 19.0 Å². The zero-order valence-corrected chi connectivity index (χ0v) is 11.3. The lowest BCUT2D eigenvalue weighted by Gasteiger charge is -2.41. The summed E-state index contributed by atoms with van der Waals surface area (Å²) in [6.45, 7) is 7.73. The Balaban J connectivity index is 2.10. The van der Waals surface area contributed by atoms with Crippen LogP contribution < -0.4 is 0 Å². The van der Waals surface area contributed by atoms with Crippen LogP contribution in [0.3, 0.4) is 0 Å². The first-order valence-electron chi connectivity index (χ1n) is 6.64. The van der Waals surface area contributed by atoms with Crippen LogP contribution in [0.25, 0.3) is 0 Å². The minimum Gasteiger partial charge on any atom is -0.458 e. The third kappa shape index (κ3) is 2.93. The average molecular weight is 254 g/mol. The monoisotopic (exact) mass is 254 g/mol. The summed E-state index contributed by atoms with van der Waals surface area (Å²) in [4.78, 5) is 11.4. The van der Waals surface area contributed by atoms with E-state index >= 15 is 0 Å². The largest absolute Gasteiger partial charge is 0.458 e. The number of carbonyl (C=O) groups is 1. The lowest BCUT2D eigenvalue weighted by Crippen LogP contribution is -2.44. The van der Waals surface area contributed by atoms with Crippen molar-refractivity contribution in [1.29, 1.82) is 0 Å². The highest BCUT2D eigenvalue weighted by Gasteiger charge is 2.42. The fourth-order valence-electron chi connectivity index (χ4n) is 2.75. The quantitative estimate of drug-likeness (QED) is 0.725. The van der Waals surface area contributed by atoms with E-state index in [1.54, 1.807) is 0 Å². The van der Waals surface area contributed by atoms with Gasteiger partial charge in [0.1, 0.15) is 6.10 Å². The van der Waals surface area contributed by atoms with Crippen LogP contribution in [-0.4, -0.2) is 31.6 Å². The van der Waals surface area contributed by atoms with Gasteiger partial charge >= 0.3 is 5.97 Å². The highest BCUT2D eigenvalue weighted by Crippen LogP contribution is 2.39. The molecule has 0 aliphatic carbocycles. The van der Waals surface area contributed by atoms with E-state index in [-0.39, 0.29) is 29.7 Å². The molecule has 102 valence electrons. The van der Waals surface area contributed by atoms with Crippen molar-refractivity contribution in [2.24, 2.45) is 11.3 Å². The summed E-state index contributed by atoms with van der Waals surface area (Å²) in [6.07, 6.45) is 4.83. The van der Waals surface area contributed by atoms with E-state index in [2.05, 4.69) is 20.8 Å². The first kappa shape index (κ1) is 13.6. The molecule has 0 spiro atoms. The van der Waals surface area contributed by atoms with E-state index in [1.807, 2.05) is 6.08 Å². The summed E-state index contributed by atoms with van der Waals surface area (Å²) in [5.41, 5.74) is -0.218.